The molecule has 3 atom stereocenters. The molecule has 0 spiro atoms. The van der Waals surface area contributed by atoms with Crippen molar-refractivity contribution in [3.8, 4) is 0 Å². The van der Waals surface area contributed by atoms with Crippen molar-refractivity contribution >= 4 is 42.3 Å². The molecule has 136 valence electrons. The van der Waals surface area contributed by atoms with E-state index in [4.69, 9.17) is 15.9 Å². The van der Waals surface area contributed by atoms with E-state index in [1.54, 1.807) is 0 Å². The summed E-state index contributed by atoms with van der Waals surface area (Å²) in [6.07, 6.45) is -0.806. The van der Waals surface area contributed by atoms with Gasteiger partial charge in [0, 0.05) is 5.75 Å². The fraction of sp³-hybridized carbons (Fsp3) is 0.583. The number of carboxylic acid groups (broad SMARTS) is 2. The molecule has 3 unspecified atom stereocenters. The molecule has 0 bridgehead atoms. The fourth-order valence-corrected chi connectivity index (χ4v) is 1.58. The van der Waals surface area contributed by atoms with Gasteiger partial charge in [0.05, 0.1) is 19.0 Å². The Hall–Kier alpha value is -2.34. The first-order chi connectivity index (χ1) is 11.1. The number of rotatable bonds is 10. The molecule has 24 heavy (non-hydrogen) atoms. The third-order valence-corrected chi connectivity index (χ3v) is 3.11. The SMILES string of the molecule is CC(NC(=O)CNC(=O)C(N)CS)C(=O)NC(CC(=O)O)C(=O)O. The van der Waals surface area contributed by atoms with E-state index in [-0.39, 0.29) is 5.75 Å². The molecule has 0 aromatic heterocycles. The van der Waals surface area contributed by atoms with Gasteiger partial charge in [-0.25, -0.2) is 4.79 Å². The van der Waals surface area contributed by atoms with Crippen LogP contribution in [0.3, 0.4) is 0 Å². The smallest absolute Gasteiger partial charge is 0.326 e. The number of aliphatic carboxylic acids is 2. The minimum atomic E-state index is -1.62. The summed E-state index contributed by atoms with van der Waals surface area (Å²) < 4.78 is 0. The van der Waals surface area contributed by atoms with Crippen LogP contribution in [0, 0.1) is 0 Å². The maximum atomic E-state index is 11.8. The van der Waals surface area contributed by atoms with E-state index in [9.17, 15) is 24.0 Å². The number of amides is 3. The summed E-state index contributed by atoms with van der Waals surface area (Å²) in [6, 6.07) is -3.64. The van der Waals surface area contributed by atoms with Crippen molar-refractivity contribution in [2.24, 2.45) is 5.73 Å². The molecule has 0 aliphatic heterocycles. The van der Waals surface area contributed by atoms with Crippen molar-refractivity contribution < 1.29 is 34.2 Å². The number of hydrogen-bond acceptors (Lipinski definition) is 7. The van der Waals surface area contributed by atoms with E-state index in [0.717, 1.165) is 0 Å². The summed E-state index contributed by atoms with van der Waals surface area (Å²) in [6.45, 7) is 0.837. The molecule has 0 fully saturated rings. The first-order valence-corrected chi connectivity index (χ1v) is 7.40. The van der Waals surface area contributed by atoms with Gasteiger partial charge in [-0.15, -0.1) is 0 Å². The van der Waals surface area contributed by atoms with Crippen LogP contribution in [-0.4, -0.2) is 70.3 Å². The van der Waals surface area contributed by atoms with Gasteiger partial charge in [-0.2, -0.15) is 12.6 Å². The third kappa shape index (κ3) is 8.33. The van der Waals surface area contributed by atoms with Gasteiger partial charge >= 0.3 is 11.9 Å². The number of carbonyl (C=O) groups is 5. The Kier molecular flexibility index (Phi) is 9.42. The number of carbonyl (C=O) groups excluding carboxylic acids is 3. The van der Waals surface area contributed by atoms with Crippen LogP contribution >= 0.6 is 12.6 Å². The van der Waals surface area contributed by atoms with E-state index in [2.05, 4.69) is 23.3 Å². The molecule has 7 N–H and O–H groups in total. The Labute approximate surface area is 142 Å². The van der Waals surface area contributed by atoms with Crippen LogP contribution < -0.4 is 21.7 Å². The second kappa shape index (κ2) is 10.4. The standard InChI is InChI=1S/C12H20N4O7S/c1-5(10(20)16-7(12(22)23)2-9(18)19)15-8(17)3-14-11(21)6(13)4-24/h5-7,24H,2-4,13H2,1H3,(H,14,21)(H,15,17)(H,16,20)(H,18,19)(H,22,23). The van der Waals surface area contributed by atoms with Crippen molar-refractivity contribution in [3.05, 3.63) is 0 Å². The highest BCUT2D eigenvalue weighted by Gasteiger charge is 2.26. The lowest BCUT2D eigenvalue weighted by atomic mass is 10.2. The highest BCUT2D eigenvalue weighted by Crippen LogP contribution is 1.95. The lowest BCUT2D eigenvalue weighted by Gasteiger charge is -2.18. The molecule has 11 nitrogen and oxygen atoms in total. The highest BCUT2D eigenvalue weighted by molar-refractivity contribution is 7.80. The van der Waals surface area contributed by atoms with Crippen LogP contribution in [0.4, 0.5) is 0 Å². The maximum absolute atomic E-state index is 11.8. The molecule has 0 aromatic carbocycles. The lowest BCUT2D eigenvalue weighted by molar-refractivity contribution is -0.147. The quantitative estimate of drug-likeness (QED) is 0.198. The van der Waals surface area contributed by atoms with Gasteiger partial charge in [0.2, 0.25) is 17.7 Å². The van der Waals surface area contributed by atoms with Crippen molar-refractivity contribution in [2.45, 2.75) is 31.5 Å². The summed E-state index contributed by atoms with van der Waals surface area (Å²) in [4.78, 5) is 56.1. The Bertz CT molecular complexity index is 514. The van der Waals surface area contributed by atoms with Crippen LogP contribution in [0.15, 0.2) is 0 Å². The molecule has 3 amide bonds. The van der Waals surface area contributed by atoms with Crippen LogP contribution in [0.5, 0.6) is 0 Å². The Balaban J connectivity index is 4.43. The Morgan fingerprint density at radius 3 is 2.12 bits per heavy atom. The average molecular weight is 364 g/mol. The predicted molar refractivity (Wildman–Crippen MR) is 84.3 cm³/mol. The number of carboxylic acids is 2. The van der Waals surface area contributed by atoms with Gasteiger partial charge in [-0.3, -0.25) is 19.2 Å². The highest BCUT2D eigenvalue weighted by atomic mass is 32.1. The van der Waals surface area contributed by atoms with Gasteiger partial charge < -0.3 is 31.9 Å². The monoisotopic (exact) mass is 364 g/mol. The summed E-state index contributed by atoms with van der Waals surface area (Å²) >= 11 is 3.82. The first kappa shape index (κ1) is 21.7. The van der Waals surface area contributed by atoms with Crippen molar-refractivity contribution in [3.63, 3.8) is 0 Å². The van der Waals surface area contributed by atoms with Crippen molar-refractivity contribution in [1.29, 1.82) is 0 Å². The lowest BCUT2D eigenvalue weighted by Crippen LogP contribution is -2.53. The van der Waals surface area contributed by atoms with E-state index in [1.807, 2.05) is 5.32 Å². The van der Waals surface area contributed by atoms with Gasteiger partial charge in [-0.05, 0) is 6.92 Å². The fourth-order valence-electron chi connectivity index (χ4n) is 1.41. The summed E-state index contributed by atoms with van der Waals surface area (Å²) in [5.74, 6) is -5.01. The molecule has 0 rings (SSSR count). The maximum Gasteiger partial charge on any atom is 0.326 e. The second-order valence-corrected chi connectivity index (χ2v) is 5.16. The van der Waals surface area contributed by atoms with Crippen LogP contribution in [-0.2, 0) is 24.0 Å². The zero-order valence-corrected chi connectivity index (χ0v) is 13.7. The molecule has 0 radical (unpaired) electrons. The number of thiol groups is 1. The van der Waals surface area contributed by atoms with Crippen LogP contribution in [0.25, 0.3) is 0 Å². The van der Waals surface area contributed by atoms with Crippen LogP contribution in [0.2, 0.25) is 0 Å². The van der Waals surface area contributed by atoms with E-state index in [1.165, 1.54) is 6.92 Å². The Morgan fingerprint density at radius 2 is 1.67 bits per heavy atom. The number of nitrogens with two attached hydrogens (primary N) is 1. The van der Waals surface area contributed by atoms with Gasteiger partial charge in [-0.1, -0.05) is 0 Å². The molecule has 0 saturated carbocycles. The van der Waals surface area contributed by atoms with E-state index < -0.39 is 60.8 Å². The largest absolute Gasteiger partial charge is 0.481 e. The number of nitrogens with one attached hydrogen (secondary N) is 3. The summed E-state index contributed by atoms with van der Waals surface area (Å²) in [7, 11) is 0. The Morgan fingerprint density at radius 1 is 1.08 bits per heavy atom. The number of hydrogen-bond donors (Lipinski definition) is 7. The second-order valence-electron chi connectivity index (χ2n) is 4.79. The van der Waals surface area contributed by atoms with Crippen LogP contribution in [0.1, 0.15) is 13.3 Å². The summed E-state index contributed by atoms with van der Waals surface area (Å²) in [5, 5.41) is 23.9. The molecule has 0 aliphatic carbocycles. The van der Waals surface area contributed by atoms with E-state index >= 15 is 0 Å². The molecule has 0 aromatic rings. The molecule has 12 heteroatoms. The molecular formula is C12H20N4O7S. The van der Waals surface area contributed by atoms with Gasteiger partial charge in [0.25, 0.3) is 0 Å². The molecular weight excluding hydrogens is 344 g/mol. The molecule has 0 heterocycles. The minimum absolute atomic E-state index is 0.0897. The summed E-state index contributed by atoms with van der Waals surface area (Å²) in [5.41, 5.74) is 5.39. The average Bonchev–Trinajstić information content (AvgIpc) is 2.50. The normalized spacial score (nSPS) is 14.0. The van der Waals surface area contributed by atoms with Gasteiger partial charge in [0.15, 0.2) is 0 Å². The van der Waals surface area contributed by atoms with Crippen molar-refractivity contribution in [2.75, 3.05) is 12.3 Å². The van der Waals surface area contributed by atoms with Gasteiger partial charge in [0.1, 0.15) is 12.1 Å². The third-order valence-electron chi connectivity index (χ3n) is 2.72. The molecule has 0 aliphatic rings. The topological polar surface area (TPSA) is 188 Å². The first-order valence-electron chi connectivity index (χ1n) is 6.77. The predicted octanol–water partition coefficient (Wildman–Crippen LogP) is -3.09. The minimum Gasteiger partial charge on any atom is -0.481 e. The zero-order valence-electron chi connectivity index (χ0n) is 12.8. The zero-order chi connectivity index (χ0) is 18.9. The van der Waals surface area contributed by atoms with Crippen molar-refractivity contribution in [1.82, 2.24) is 16.0 Å². The van der Waals surface area contributed by atoms with E-state index in [0.29, 0.717) is 0 Å². The molecule has 0 saturated heterocycles.